The normalized spacial score (nSPS) is 25.7. The molecule has 2 saturated carbocycles. The summed E-state index contributed by atoms with van der Waals surface area (Å²) in [5, 5.41) is 12.3. The number of carbonyl (C=O) groups excluding carboxylic acids is 1. The van der Waals surface area contributed by atoms with Gasteiger partial charge in [0.05, 0.1) is 11.6 Å². The number of nitriles is 1. The number of hydrogen-bond donors (Lipinski definition) is 1. The van der Waals surface area contributed by atoms with E-state index in [2.05, 4.69) is 28.4 Å². The third-order valence-electron chi connectivity index (χ3n) is 8.58. The molecule has 2 aromatic carbocycles. The molecule has 1 saturated heterocycles. The smallest absolute Gasteiger partial charge is 0.251 e. The fourth-order valence-corrected chi connectivity index (χ4v) is 6.53. The summed E-state index contributed by atoms with van der Waals surface area (Å²) in [5.74, 6) is 0.327. The number of likely N-dealkylation sites (tertiary alicyclic amines) is 1. The van der Waals surface area contributed by atoms with Gasteiger partial charge in [0.15, 0.2) is 0 Å². The van der Waals surface area contributed by atoms with Crippen LogP contribution in [-0.4, -0.2) is 30.4 Å². The van der Waals surface area contributed by atoms with Crippen molar-refractivity contribution in [2.24, 2.45) is 11.8 Å². The number of fused-ring (bicyclic) bond motifs is 1. The summed E-state index contributed by atoms with van der Waals surface area (Å²) >= 11 is 0. The summed E-state index contributed by atoms with van der Waals surface area (Å²) in [7, 11) is 0. The molecular formula is C31H36FN3O. The zero-order valence-corrected chi connectivity index (χ0v) is 21.0. The van der Waals surface area contributed by atoms with Crippen LogP contribution < -0.4 is 5.32 Å². The molecule has 2 aliphatic carbocycles. The summed E-state index contributed by atoms with van der Waals surface area (Å²) < 4.78 is 13.7. The molecule has 36 heavy (non-hydrogen) atoms. The minimum absolute atomic E-state index is 0.0928. The Morgan fingerprint density at radius 3 is 2.78 bits per heavy atom. The SMILES string of the molecule is N#Cc1cccc([C@]23CC[C@@H](/C(=C\CCCCN4CCCC4)C(=O)Nc4cccc(F)c4)CC2C3)c1. The number of unbranched alkanes of at least 4 members (excludes halogenated alkanes) is 2. The maximum Gasteiger partial charge on any atom is 0.251 e. The number of rotatable bonds is 9. The highest BCUT2D eigenvalue weighted by Crippen LogP contribution is 2.64. The highest BCUT2D eigenvalue weighted by molar-refractivity contribution is 6.04. The minimum atomic E-state index is -0.347. The molecule has 1 heterocycles. The predicted molar refractivity (Wildman–Crippen MR) is 141 cm³/mol. The highest BCUT2D eigenvalue weighted by Gasteiger charge is 2.58. The topological polar surface area (TPSA) is 56.1 Å². The first kappa shape index (κ1) is 24.7. The van der Waals surface area contributed by atoms with Crippen LogP contribution in [0.3, 0.4) is 0 Å². The fourth-order valence-electron chi connectivity index (χ4n) is 6.53. The van der Waals surface area contributed by atoms with Crippen molar-refractivity contribution in [3.8, 4) is 6.07 Å². The van der Waals surface area contributed by atoms with E-state index in [1.165, 1.54) is 43.6 Å². The van der Waals surface area contributed by atoms with Gasteiger partial charge in [0.25, 0.3) is 5.91 Å². The number of nitrogens with one attached hydrogen (secondary N) is 1. The van der Waals surface area contributed by atoms with Gasteiger partial charge < -0.3 is 10.2 Å². The van der Waals surface area contributed by atoms with Crippen LogP contribution in [0.4, 0.5) is 10.1 Å². The first-order valence-corrected chi connectivity index (χ1v) is 13.6. The van der Waals surface area contributed by atoms with Gasteiger partial charge in [-0.05, 0) is 131 Å². The van der Waals surface area contributed by atoms with E-state index < -0.39 is 0 Å². The molecule has 1 unspecified atom stereocenters. The summed E-state index contributed by atoms with van der Waals surface area (Å²) in [6, 6.07) is 16.5. The monoisotopic (exact) mass is 485 g/mol. The standard InChI is InChI=1S/C31H36FN3O/c32-27-10-7-11-28(20-27)34-30(36)29(12-2-1-3-15-35-16-4-5-17-35)24-13-14-31(21-26(31)19-24)25-9-6-8-23(18-25)22-33/h6-12,18,20,24,26H,1-5,13-17,19,21H2,(H,34,36)/b29-12+/t24-,26?,31-/m1/s1. The molecule has 0 aromatic heterocycles. The van der Waals surface area contributed by atoms with E-state index in [-0.39, 0.29) is 23.1 Å². The molecule has 0 spiro atoms. The number of hydrogen-bond acceptors (Lipinski definition) is 3. The quantitative estimate of drug-likeness (QED) is 0.322. The summed E-state index contributed by atoms with van der Waals surface area (Å²) in [4.78, 5) is 15.9. The number of benzene rings is 2. The molecule has 4 nitrogen and oxygen atoms in total. The highest BCUT2D eigenvalue weighted by atomic mass is 19.1. The van der Waals surface area contributed by atoms with E-state index in [1.807, 2.05) is 18.2 Å². The first-order chi connectivity index (χ1) is 17.6. The van der Waals surface area contributed by atoms with E-state index in [4.69, 9.17) is 0 Å². The number of anilines is 1. The number of halogens is 1. The molecule has 0 radical (unpaired) electrons. The molecule has 0 bridgehead atoms. The molecule has 3 aliphatic rings. The lowest BCUT2D eigenvalue weighted by molar-refractivity contribution is -0.113. The zero-order chi connectivity index (χ0) is 25.0. The third-order valence-corrected chi connectivity index (χ3v) is 8.58. The van der Waals surface area contributed by atoms with Crippen LogP contribution in [0.2, 0.25) is 0 Å². The predicted octanol–water partition coefficient (Wildman–Crippen LogP) is 6.59. The van der Waals surface area contributed by atoms with Crippen LogP contribution in [0, 0.1) is 29.0 Å². The Hall–Kier alpha value is -2.97. The molecule has 1 amide bonds. The average molecular weight is 486 g/mol. The Morgan fingerprint density at radius 1 is 1.17 bits per heavy atom. The Kier molecular flexibility index (Phi) is 7.53. The van der Waals surface area contributed by atoms with Crippen molar-refractivity contribution < 1.29 is 9.18 Å². The van der Waals surface area contributed by atoms with Gasteiger partial charge in [0, 0.05) is 11.3 Å². The fraction of sp³-hybridized carbons (Fsp3) is 0.484. The number of amides is 1. The minimum Gasteiger partial charge on any atom is -0.322 e. The van der Waals surface area contributed by atoms with Crippen LogP contribution in [-0.2, 0) is 10.2 Å². The van der Waals surface area contributed by atoms with Crippen molar-refractivity contribution in [1.29, 1.82) is 5.26 Å². The van der Waals surface area contributed by atoms with Gasteiger partial charge in [-0.3, -0.25) is 4.79 Å². The van der Waals surface area contributed by atoms with Crippen LogP contribution in [0.5, 0.6) is 0 Å². The summed E-state index contributed by atoms with van der Waals surface area (Å²) in [6.45, 7) is 3.59. The van der Waals surface area contributed by atoms with Crippen molar-refractivity contribution in [1.82, 2.24) is 4.90 Å². The Labute approximate surface area is 214 Å². The van der Waals surface area contributed by atoms with Gasteiger partial charge in [-0.25, -0.2) is 4.39 Å². The van der Waals surface area contributed by atoms with Gasteiger partial charge in [0.1, 0.15) is 5.82 Å². The lowest BCUT2D eigenvalue weighted by atomic mass is 9.75. The molecule has 1 aliphatic heterocycles. The van der Waals surface area contributed by atoms with E-state index in [0.29, 0.717) is 11.6 Å². The van der Waals surface area contributed by atoms with Crippen LogP contribution in [0.1, 0.15) is 68.9 Å². The van der Waals surface area contributed by atoms with Gasteiger partial charge in [-0.1, -0.05) is 24.3 Å². The number of carbonyl (C=O) groups is 1. The van der Waals surface area contributed by atoms with Gasteiger partial charge >= 0.3 is 0 Å². The molecule has 5 heteroatoms. The van der Waals surface area contributed by atoms with Crippen molar-refractivity contribution >= 4 is 11.6 Å². The Morgan fingerprint density at radius 2 is 2.00 bits per heavy atom. The molecule has 188 valence electrons. The van der Waals surface area contributed by atoms with E-state index in [0.717, 1.165) is 62.6 Å². The van der Waals surface area contributed by atoms with Crippen molar-refractivity contribution in [3.63, 3.8) is 0 Å². The second-order valence-electron chi connectivity index (χ2n) is 10.9. The van der Waals surface area contributed by atoms with Gasteiger partial charge in [-0.2, -0.15) is 5.26 Å². The van der Waals surface area contributed by atoms with Crippen molar-refractivity contribution in [2.45, 2.75) is 63.2 Å². The molecule has 3 fully saturated rings. The molecule has 5 rings (SSSR count). The molecule has 1 N–H and O–H groups in total. The van der Waals surface area contributed by atoms with E-state index >= 15 is 0 Å². The number of nitrogens with zero attached hydrogens (tertiary/aromatic N) is 2. The first-order valence-electron chi connectivity index (χ1n) is 13.6. The third kappa shape index (κ3) is 5.55. The zero-order valence-electron chi connectivity index (χ0n) is 21.0. The largest absolute Gasteiger partial charge is 0.322 e. The lowest BCUT2D eigenvalue weighted by Gasteiger charge is -2.30. The molecular weight excluding hydrogens is 449 g/mol. The molecule has 3 atom stereocenters. The number of allylic oxidation sites excluding steroid dienone is 1. The lowest BCUT2D eigenvalue weighted by Crippen LogP contribution is -2.26. The second kappa shape index (κ2) is 11.0. The summed E-state index contributed by atoms with van der Waals surface area (Å²) in [6.07, 6.45) is 12.0. The molecule has 2 aromatic rings. The maximum absolute atomic E-state index is 13.7. The van der Waals surface area contributed by atoms with Crippen LogP contribution in [0.15, 0.2) is 60.2 Å². The maximum atomic E-state index is 13.7. The van der Waals surface area contributed by atoms with Gasteiger partial charge in [-0.15, -0.1) is 0 Å². The van der Waals surface area contributed by atoms with Gasteiger partial charge in [0.2, 0.25) is 0 Å². The van der Waals surface area contributed by atoms with E-state index in [1.54, 1.807) is 12.1 Å². The Bertz CT molecular complexity index is 1160. The van der Waals surface area contributed by atoms with E-state index in [9.17, 15) is 14.4 Å². The van der Waals surface area contributed by atoms with Crippen LogP contribution in [0.25, 0.3) is 0 Å². The average Bonchev–Trinajstić information content (AvgIpc) is 3.40. The van der Waals surface area contributed by atoms with Crippen LogP contribution >= 0.6 is 0 Å². The second-order valence-corrected chi connectivity index (χ2v) is 10.9. The Balaban J connectivity index is 1.26. The van der Waals surface area contributed by atoms with Crippen molar-refractivity contribution in [2.75, 3.05) is 25.0 Å². The van der Waals surface area contributed by atoms with Crippen molar-refractivity contribution in [3.05, 3.63) is 77.1 Å². The summed E-state index contributed by atoms with van der Waals surface area (Å²) in [5.41, 5.74) is 3.54.